The second kappa shape index (κ2) is 11.4. The molecule has 1 aliphatic carbocycles. The van der Waals surface area contributed by atoms with Crippen molar-refractivity contribution >= 4 is 43.9 Å². The van der Waals surface area contributed by atoms with Gasteiger partial charge >= 0.3 is 6.18 Å². The number of alkyl halides is 3. The Morgan fingerprint density at radius 3 is 2.58 bits per heavy atom. The SMILES string of the molecule is C[C@H](NS(=O)(=O)c1ccc(-c2sc(C(=O)NCCC3=NCNN3)nc2CC2CCC2)c2ccccc12)C(F)(F)F. The Morgan fingerprint density at radius 2 is 1.93 bits per heavy atom. The normalized spacial score (nSPS) is 16.9. The second-order valence-electron chi connectivity index (χ2n) is 9.91. The van der Waals surface area contributed by atoms with Gasteiger partial charge in [0, 0.05) is 23.9 Å². The predicted octanol–water partition coefficient (Wildman–Crippen LogP) is 4.12. The number of amidine groups is 1. The molecule has 0 unspecified atom stereocenters. The summed E-state index contributed by atoms with van der Waals surface area (Å²) in [5.74, 6) is 0.896. The van der Waals surface area contributed by atoms with Gasteiger partial charge in [-0.2, -0.15) is 17.9 Å². The van der Waals surface area contributed by atoms with Crippen molar-refractivity contribution in [3.8, 4) is 10.4 Å². The van der Waals surface area contributed by atoms with E-state index in [1.54, 1.807) is 35.1 Å². The molecule has 1 amide bonds. The van der Waals surface area contributed by atoms with Gasteiger partial charge in [0.05, 0.1) is 15.5 Å². The molecule has 2 heterocycles. The molecular weight excluding hydrogens is 565 g/mol. The molecule has 0 spiro atoms. The van der Waals surface area contributed by atoms with Crippen molar-refractivity contribution < 1.29 is 26.4 Å². The van der Waals surface area contributed by atoms with Crippen LogP contribution in [0.1, 0.15) is 48.1 Å². The summed E-state index contributed by atoms with van der Waals surface area (Å²) >= 11 is 1.23. The van der Waals surface area contributed by atoms with E-state index in [4.69, 9.17) is 4.98 Å². The lowest BCUT2D eigenvalue weighted by molar-refractivity contribution is -0.147. The predicted molar refractivity (Wildman–Crippen MR) is 147 cm³/mol. The maximum Gasteiger partial charge on any atom is 0.404 e. The molecule has 1 aromatic heterocycles. The lowest BCUT2D eigenvalue weighted by Crippen LogP contribution is -2.43. The summed E-state index contributed by atoms with van der Waals surface area (Å²) in [5.41, 5.74) is 7.24. The minimum Gasteiger partial charge on any atom is -0.350 e. The molecule has 2 aromatic carbocycles. The maximum atomic E-state index is 13.1. The third-order valence-electron chi connectivity index (χ3n) is 7.07. The number of aromatic nitrogens is 1. The van der Waals surface area contributed by atoms with Gasteiger partial charge in [0.2, 0.25) is 10.0 Å². The van der Waals surface area contributed by atoms with Gasteiger partial charge in [-0.1, -0.05) is 49.6 Å². The number of amides is 1. The van der Waals surface area contributed by atoms with Gasteiger partial charge in [0.1, 0.15) is 18.5 Å². The monoisotopic (exact) mass is 594 g/mol. The van der Waals surface area contributed by atoms with E-state index in [9.17, 15) is 26.4 Å². The van der Waals surface area contributed by atoms with Crippen molar-refractivity contribution in [1.29, 1.82) is 0 Å². The molecule has 4 N–H and O–H groups in total. The fourth-order valence-corrected chi connectivity index (χ4v) is 7.15. The largest absolute Gasteiger partial charge is 0.404 e. The number of hydrogen-bond donors (Lipinski definition) is 4. The summed E-state index contributed by atoms with van der Waals surface area (Å²) < 4.78 is 67.1. The average Bonchev–Trinajstić information content (AvgIpc) is 3.55. The number of nitrogens with one attached hydrogen (secondary N) is 4. The van der Waals surface area contributed by atoms with Crippen LogP contribution in [0, 0.1) is 5.92 Å². The highest BCUT2D eigenvalue weighted by Gasteiger charge is 2.39. The molecule has 1 atom stereocenters. The highest BCUT2D eigenvalue weighted by molar-refractivity contribution is 7.89. The first-order chi connectivity index (χ1) is 19.0. The quantitative estimate of drug-likeness (QED) is 0.280. The van der Waals surface area contributed by atoms with Crippen molar-refractivity contribution in [3.63, 3.8) is 0 Å². The molecule has 1 aliphatic heterocycles. The summed E-state index contributed by atoms with van der Waals surface area (Å²) in [4.78, 5) is 22.4. The summed E-state index contributed by atoms with van der Waals surface area (Å²) in [6, 6.07) is 7.33. The number of rotatable bonds is 10. The summed E-state index contributed by atoms with van der Waals surface area (Å²) in [6.45, 7) is 1.62. The molecule has 0 saturated heterocycles. The molecule has 5 rings (SSSR count). The van der Waals surface area contributed by atoms with E-state index in [1.165, 1.54) is 17.4 Å². The zero-order chi connectivity index (χ0) is 28.5. The first-order valence-corrected chi connectivity index (χ1v) is 15.2. The van der Waals surface area contributed by atoms with E-state index in [-0.39, 0.29) is 16.2 Å². The molecule has 0 bridgehead atoms. The Morgan fingerprint density at radius 1 is 1.18 bits per heavy atom. The Bertz CT molecular complexity index is 1550. The van der Waals surface area contributed by atoms with Crippen LogP contribution in [0.3, 0.4) is 0 Å². The molecule has 40 heavy (non-hydrogen) atoms. The van der Waals surface area contributed by atoms with Crippen LogP contribution in [0.5, 0.6) is 0 Å². The first kappa shape index (κ1) is 28.5. The van der Waals surface area contributed by atoms with Gasteiger partial charge in [0.15, 0.2) is 5.01 Å². The number of halogens is 3. The third kappa shape index (κ3) is 6.14. The van der Waals surface area contributed by atoms with Crippen LogP contribution in [-0.2, 0) is 16.4 Å². The average molecular weight is 595 g/mol. The summed E-state index contributed by atoms with van der Waals surface area (Å²) in [5, 5.41) is 4.01. The number of carbonyl (C=O) groups excluding carboxylic acids is 1. The van der Waals surface area contributed by atoms with Crippen LogP contribution in [0.2, 0.25) is 0 Å². The van der Waals surface area contributed by atoms with E-state index in [1.807, 2.05) is 0 Å². The summed E-state index contributed by atoms with van der Waals surface area (Å²) in [7, 11) is -4.48. The van der Waals surface area contributed by atoms with E-state index in [2.05, 4.69) is 21.2 Å². The number of sulfonamides is 1. The molecule has 14 heteroatoms. The maximum absolute atomic E-state index is 13.1. The third-order valence-corrected chi connectivity index (χ3v) is 9.80. The van der Waals surface area contributed by atoms with Crippen LogP contribution in [0.15, 0.2) is 46.3 Å². The Balaban J connectivity index is 1.49. The Labute approximate surface area is 233 Å². The van der Waals surface area contributed by atoms with Gasteiger partial charge < -0.3 is 10.7 Å². The van der Waals surface area contributed by atoms with Crippen molar-refractivity contribution in [3.05, 3.63) is 47.1 Å². The number of hydrazine groups is 1. The van der Waals surface area contributed by atoms with Gasteiger partial charge in [-0.3, -0.25) is 9.79 Å². The molecule has 1 saturated carbocycles. The number of fused-ring (bicyclic) bond motifs is 1. The van der Waals surface area contributed by atoms with Crippen LogP contribution in [0.4, 0.5) is 13.2 Å². The van der Waals surface area contributed by atoms with Crippen molar-refractivity contribution in [2.45, 2.75) is 56.1 Å². The molecule has 9 nitrogen and oxygen atoms in total. The Hall–Kier alpha value is -3.07. The van der Waals surface area contributed by atoms with Crippen molar-refractivity contribution in [2.75, 3.05) is 13.2 Å². The van der Waals surface area contributed by atoms with E-state index in [0.29, 0.717) is 47.9 Å². The van der Waals surface area contributed by atoms with E-state index in [0.717, 1.165) is 42.6 Å². The molecule has 3 aromatic rings. The smallest absolute Gasteiger partial charge is 0.350 e. The van der Waals surface area contributed by atoms with Gasteiger partial charge in [-0.25, -0.2) is 18.8 Å². The summed E-state index contributed by atoms with van der Waals surface area (Å²) in [6.07, 6.45) is -0.219. The number of carbonyl (C=O) groups is 1. The van der Waals surface area contributed by atoms with E-state index < -0.39 is 22.2 Å². The van der Waals surface area contributed by atoms with Crippen molar-refractivity contribution in [1.82, 2.24) is 25.9 Å². The zero-order valence-electron chi connectivity index (χ0n) is 21.6. The topological polar surface area (TPSA) is 125 Å². The van der Waals surface area contributed by atoms with Gasteiger partial charge in [-0.05, 0) is 30.7 Å². The molecule has 2 aliphatic rings. The second-order valence-corrected chi connectivity index (χ2v) is 12.6. The minimum absolute atomic E-state index is 0.246. The highest BCUT2D eigenvalue weighted by atomic mass is 32.2. The molecule has 214 valence electrons. The van der Waals surface area contributed by atoms with Crippen molar-refractivity contribution in [2.24, 2.45) is 10.9 Å². The number of hydrogen-bond acceptors (Lipinski definition) is 8. The van der Waals surface area contributed by atoms with Crippen LogP contribution < -0.4 is 20.9 Å². The number of benzene rings is 2. The fourth-order valence-electron chi connectivity index (χ4n) is 4.66. The van der Waals surface area contributed by atoms with E-state index >= 15 is 0 Å². The zero-order valence-corrected chi connectivity index (χ0v) is 23.3. The Kier molecular flexibility index (Phi) is 8.13. The van der Waals surface area contributed by atoms with Crippen LogP contribution in [-0.4, -0.2) is 50.6 Å². The van der Waals surface area contributed by atoms with Crippen LogP contribution in [0.25, 0.3) is 21.2 Å². The standard InChI is InChI=1S/C26H29F3N6O3S2/c1-15(26(27,28)29)35-40(37,38)21-10-9-19(17-7-2-3-8-18(17)21)23-20(13-16-5-4-6-16)33-25(39-23)24(36)30-12-11-22-31-14-32-34-22/h2-3,7-10,15-16,32,35H,4-6,11-14H2,1H3,(H,30,36)(H,31,34)/t15-/m0/s1. The highest BCUT2D eigenvalue weighted by Crippen LogP contribution is 2.40. The van der Waals surface area contributed by atoms with Gasteiger partial charge in [-0.15, -0.1) is 11.3 Å². The minimum atomic E-state index is -4.73. The number of thiazole rings is 1. The molecule has 1 fully saturated rings. The number of aliphatic imine (C=N–C) groups is 1. The lowest BCUT2D eigenvalue weighted by atomic mass is 9.81. The fraction of sp³-hybridized carbons (Fsp3) is 0.423. The molecular formula is C26H29F3N6O3S2. The van der Waals surface area contributed by atoms with Gasteiger partial charge in [0.25, 0.3) is 5.91 Å². The van der Waals surface area contributed by atoms with Crippen LogP contribution >= 0.6 is 11.3 Å². The first-order valence-electron chi connectivity index (χ1n) is 12.9. The molecule has 0 radical (unpaired) electrons. The number of nitrogens with zero attached hydrogens (tertiary/aromatic N) is 2. The lowest BCUT2D eigenvalue weighted by Gasteiger charge is -2.24.